The smallest absolute Gasteiger partial charge is 0.229 e. The summed E-state index contributed by atoms with van der Waals surface area (Å²) in [6, 6.07) is 13.8. The average molecular weight is 538 g/mol. The Labute approximate surface area is 221 Å². The number of fused-ring (bicyclic) bond motifs is 1. The Balaban J connectivity index is 0.00000342. The number of morpholine rings is 1. The summed E-state index contributed by atoms with van der Waals surface area (Å²) in [6.45, 7) is 5.07. The van der Waals surface area contributed by atoms with Crippen molar-refractivity contribution in [3.05, 3.63) is 42.5 Å². The maximum atomic E-state index is 13.3. The molecule has 190 valence electrons. The number of benzene rings is 2. The number of thioether (sulfide) groups is 1. The summed E-state index contributed by atoms with van der Waals surface area (Å²) >= 11 is 3.24. The van der Waals surface area contributed by atoms with Crippen molar-refractivity contribution >= 4 is 56.8 Å². The van der Waals surface area contributed by atoms with Crippen LogP contribution < -0.4 is 14.4 Å². The summed E-state index contributed by atoms with van der Waals surface area (Å²) in [7, 11) is 3.31. The standard InChI is InChI=1S/C25H31N3O4S2.ClH/c1-30-19-4-7-21(8-5-19)33-17-10-24(29)28(12-3-11-27-13-15-32-16-14-27)25-26-22-18-20(31-2)6-9-23(22)34-25;/h4-9,18H,3,10-17H2,1-2H3;1H. The first kappa shape index (κ1) is 27.5. The zero-order valence-electron chi connectivity index (χ0n) is 20.1. The molecule has 0 spiro atoms. The molecule has 2 aromatic carbocycles. The lowest BCUT2D eigenvalue weighted by Gasteiger charge is -2.27. The van der Waals surface area contributed by atoms with Crippen molar-refractivity contribution in [1.82, 2.24) is 9.88 Å². The molecular weight excluding hydrogens is 506 g/mol. The van der Waals surface area contributed by atoms with Gasteiger partial charge in [0.2, 0.25) is 5.91 Å². The largest absolute Gasteiger partial charge is 0.497 e. The van der Waals surface area contributed by atoms with Gasteiger partial charge < -0.3 is 14.2 Å². The van der Waals surface area contributed by atoms with Gasteiger partial charge in [0.25, 0.3) is 0 Å². The lowest BCUT2D eigenvalue weighted by molar-refractivity contribution is -0.118. The summed E-state index contributed by atoms with van der Waals surface area (Å²) in [5, 5.41) is 0.754. The summed E-state index contributed by atoms with van der Waals surface area (Å²) in [6.07, 6.45) is 1.35. The highest BCUT2D eigenvalue weighted by atomic mass is 35.5. The molecule has 7 nitrogen and oxygen atoms in total. The SMILES string of the molecule is COc1ccc(SCCC(=O)N(CCCN2CCOCC2)c2nc3cc(OC)ccc3s2)cc1.Cl. The molecule has 1 aliphatic heterocycles. The van der Waals surface area contributed by atoms with E-state index in [2.05, 4.69) is 4.90 Å². The van der Waals surface area contributed by atoms with E-state index in [1.807, 2.05) is 47.4 Å². The van der Waals surface area contributed by atoms with Crippen molar-refractivity contribution in [1.29, 1.82) is 0 Å². The minimum Gasteiger partial charge on any atom is -0.497 e. The lowest BCUT2D eigenvalue weighted by Crippen LogP contribution is -2.39. The van der Waals surface area contributed by atoms with Gasteiger partial charge >= 0.3 is 0 Å². The number of thiazole rings is 1. The zero-order chi connectivity index (χ0) is 23.8. The summed E-state index contributed by atoms with van der Waals surface area (Å²) in [4.78, 5) is 23.5. The first-order chi connectivity index (χ1) is 16.7. The lowest BCUT2D eigenvalue weighted by atomic mass is 10.3. The molecule has 1 aliphatic rings. The molecule has 35 heavy (non-hydrogen) atoms. The number of carbonyl (C=O) groups is 1. The monoisotopic (exact) mass is 537 g/mol. The highest BCUT2D eigenvalue weighted by Crippen LogP contribution is 2.32. The number of anilines is 1. The molecule has 1 fully saturated rings. The number of carbonyl (C=O) groups excluding carboxylic acids is 1. The Hall–Kier alpha value is -2.04. The predicted octanol–water partition coefficient (Wildman–Crippen LogP) is 4.97. The molecule has 1 saturated heterocycles. The fraction of sp³-hybridized carbons (Fsp3) is 0.440. The second kappa shape index (κ2) is 13.9. The zero-order valence-corrected chi connectivity index (χ0v) is 22.6. The van der Waals surface area contributed by atoms with E-state index in [1.165, 1.54) is 0 Å². The maximum absolute atomic E-state index is 13.3. The van der Waals surface area contributed by atoms with E-state index in [-0.39, 0.29) is 18.3 Å². The van der Waals surface area contributed by atoms with E-state index in [9.17, 15) is 4.79 Å². The predicted molar refractivity (Wildman–Crippen MR) is 146 cm³/mol. The molecule has 0 radical (unpaired) electrons. The normalized spacial score (nSPS) is 13.9. The molecule has 0 saturated carbocycles. The second-order valence-electron chi connectivity index (χ2n) is 7.96. The molecule has 4 rings (SSSR count). The first-order valence-corrected chi connectivity index (χ1v) is 13.3. The van der Waals surface area contributed by atoms with Gasteiger partial charge in [0, 0.05) is 49.3 Å². The van der Waals surface area contributed by atoms with Gasteiger partial charge in [0.05, 0.1) is 37.6 Å². The van der Waals surface area contributed by atoms with Crippen molar-refractivity contribution in [3.8, 4) is 11.5 Å². The number of hydrogen-bond donors (Lipinski definition) is 0. The van der Waals surface area contributed by atoms with Crippen molar-refractivity contribution < 1.29 is 19.0 Å². The topological polar surface area (TPSA) is 64.1 Å². The molecule has 0 atom stereocenters. The third-order valence-electron chi connectivity index (χ3n) is 5.72. The molecule has 0 bridgehead atoms. The Morgan fingerprint density at radius 3 is 2.54 bits per heavy atom. The van der Waals surface area contributed by atoms with Gasteiger partial charge in [-0.1, -0.05) is 11.3 Å². The number of halogens is 1. The van der Waals surface area contributed by atoms with Crippen molar-refractivity contribution in [3.63, 3.8) is 0 Å². The second-order valence-corrected chi connectivity index (χ2v) is 10.1. The van der Waals surface area contributed by atoms with E-state index in [4.69, 9.17) is 19.2 Å². The Kier molecular flexibility index (Phi) is 10.9. The minimum atomic E-state index is 0. The molecular formula is C25H32ClN3O4S2. The highest BCUT2D eigenvalue weighted by Gasteiger charge is 2.20. The number of aromatic nitrogens is 1. The third-order valence-corrected chi connectivity index (χ3v) is 7.79. The quantitative estimate of drug-likeness (QED) is 0.320. The Morgan fingerprint density at radius 2 is 1.83 bits per heavy atom. The maximum Gasteiger partial charge on any atom is 0.229 e. The number of hydrogen-bond acceptors (Lipinski definition) is 8. The van der Waals surface area contributed by atoms with Crippen LogP contribution in [-0.2, 0) is 9.53 Å². The van der Waals surface area contributed by atoms with Crippen LogP contribution in [0.4, 0.5) is 5.13 Å². The summed E-state index contributed by atoms with van der Waals surface area (Å²) in [5.74, 6) is 2.42. The molecule has 1 amide bonds. The van der Waals surface area contributed by atoms with Crippen LogP contribution in [0.25, 0.3) is 10.2 Å². The van der Waals surface area contributed by atoms with Gasteiger partial charge in [-0.2, -0.15) is 0 Å². The van der Waals surface area contributed by atoms with Gasteiger partial charge in [0.15, 0.2) is 5.13 Å². The number of rotatable bonds is 11. The molecule has 0 unspecified atom stereocenters. The van der Waals surface area contributed by atoms with E-state index in [0.29, 0.717) is 18.7 Å². The van der Waals surface area contributed by atoms with Gasteiger partial charge in [-0.05, 0) is 42.8 Å². The average Bonchev–Trinajstić information content (AvgIpc) is 3.30. The third kappa shape index (κ3) is 7.72. The van der Waals surface area contributed by atoms with Crippen molar-refractivity contribution in [2.24, 2.45) is 0 Å². The first-order valence-electron chi connectivity index (χ1n) is 11.5. The summed E-state index contributed by atoms with van der Waals surface area (Å²) in [5.41, 5.74) is 0.859. The number of amides is 1. The van der Waals surface area contributed by atoms with Crippen LogP contribution in [0.1, 0.15) is 12.8 Å². The Bertz CT molecular complexity index is 1070. The molecule has 0 aliphatic carbocycles. The molecule has 10 heteroatoms. The van der Waals surface area contributed by atoms with Crippen LogP contribution in [0.15, 0.2) is 47.4 Å². The van der Waals surface area contributed by atoms with E-state index in [0.717, 1.165) is 71.0 Å². The number of ether oxygens (including phenoxy) is 3. The van der Waals surface area contributed by atoms with Crippen LogP contribution in [0.3, 0.4) is 0 Å². The van der Waals surface area contributed by atoms with Crippen LogP contribution in [0, 0.1) is 0 Å². The number of nitrogens with zero attached hydrogens (tertiary/aromatic N) is 3. The van der Waals surface area contributed by atoms with Crippen LogP contribution >= 0.6 is 35.5 Å². The van der Waals surface area contributed by atoms with Gasteiger partial charge in [0.1, 0.15) is 11.5 Å². The van der Waals surface area contributed by atoms with Gasteiger partial charge in [-0.3, -0.25) is 14.6 Å². The van der Waals surface area contributed by atoms with E-state index >= 15 is 0 Å². The van der Waals surface area contributed by atoms with Crippen LogP contribution in [-0.4, -0.2) is 75.2 Å². The fourth-order valence-corrected chi connectivity index (χ4v) is 5.63. The molecule has 0 N–H and O–H groups in total. The molecule has 1 aromatic heterocycles. The highest BCUT2D eigenvalue weighted by molar-refractivity contribution is 7.99. The van der Waals surface area contributed by atoms with E-state index in [1.54, 1.807) is 37.3 Å². The van der Waals surface area contributed by atoms with Crippen LogP contribution in [0.5, 0.6) is 11.5 Å². The van der Waals surface area contributed by atoms with Gasteiger partial charge in [-0.25, -0.2) is 4.98 Å². The Morgan fingerprint density at radius 1 is 1.11 bits per heavy atom. The van der Waals surface area contributed by atoms with Crippen molar-refractivity contribution in [2.45, 2.75) is 17.7 Å². The number of methoxy groups -OCH3 is 2. The molecule has 3 aromatic rings. The van der Waals surface area contributed by atoms with Crippen LogP contribution in [0.2, 0.25) is 0 Å². The minimum absolute atomic E-state index is 0. The van der Waals surface area contributed by atoms with E-state index < -0.39 is 0 Å². The summed E-state index contributed by atoms with van der Waals surface area (Å²) < 4.78 is 17.1. The molecule has 2 heterocycles. The van der Waals surface area contributed by atoms with Crippen molar-refractivity contribution in [2.75, 3.05) is 64.3 Å². The fourth-order valence-electron chi connectivity index (χ4n) is 3.80. The van der Waals surface area contributed by atoms with Gasteiger partial charge in [-0.15, -0.1) is 24.2 Å².